The summed E-state index contributed by atoms with van der Waals surface area (Å²) in [6, 6.07) is 16.5. The fraction of sp³-hybridized carbons (Fsp3) is 0.263. The minimum absolute atomic E-state index is 0.176. The number of esters is 1. The molecule has 1 heterocycles. The lowest BCUT2D eigenvalue weighted by molar-refractivity contribution is 0.0450. The van der Waals surface area contributed by atoms with Crippen LogP contribution in [0.4, 0.5) is 0 Å². The molecule has 4 nitrogen and oxygen atoms in total. The number of nitrogens with zero attached hydrogens (tertiary/aromatic N) is 1. The van der Waals surface area contributed by atoms with E-state index in [1.165, 1.54) is 17.1 Å². The molecule has 0 bridgehead atoms. The zero-order valence-electron chi connectivity index (χ0n) is 13.5. The summed E-state index contributed by atoms with van der Waals surface area (Å²) in [7, 11) is 0. The lowest BCUT2D eigenvalue weighted by atomic mass is 10.1. The Balaban J connectivity index is 1.43. The Labute approximate surface area is 155 Å². The summed E-state index contributed by atoms with van der Waals surface area (Å²) in [5.41, 5.74) is 2.37. The predicted molar refractivity (Wildman–Crippen MR) is 101 cm³/mol. The number of benzene rings is 2. The van der Waals surface area contributed by atoms with E-state index < -0.39 is 0 Å². The summed E-state index contributed by atoms with van der Waals surface area (Å²) in [5, 5.41) is 8.74. The molecule has 1 aliphatic heterocycles. The Morgan fingerprint density at radius 1 is 1.04 bits per heavy atom. The number of thioether (sulfide) groups is 2. The number of carbonyl (C=O) groups excluding carboxylic acids is 1. The van der Waals surface area contributed by atoms with Gasteiger partial charge >= 0.3 is 5.97 Å². The first kappa shape index (κ1) is 17.7. The quantitative estimate of drug-likeness (QED) is 0.558. The van der Waals surface area contributed by atoms with Crippen molar-refractivity contribution < 1.29 is 14.3 Å². The lowest BCUT2D eigenvalue weighted by Gasteiger charge is -2.10. The van der Waals surface area contributed by atoms with E-state index in [9.17, 15) is 4.79 Å². The van der Waals surface area contributed by atoms with Crippen molar-refractivity contribution in [2.75, 3.05) is 24.7 Å². The molecule has 1 fully saturated rings. The summed E-state index contributed by atoms with van der Waals surface area (Å²) in [5.74, 6) is 2.66. The van der Waals surface area contributed by atoms with Crippen LogP contribution in [0.2, 0.25) is 0 Å². The van der Waals surface area contributed by atoms with Crippen LogP contribution < -0.4 is 4.74 Å². The van der Waals surface area contributed by atoms with Crippen molar-refractivity contribution in [3.63, 3.8) is 0 Å². The normalized spacial score (nSPS) is 14.0. The van der Waals surface area contributed by atoms with Gasteiger partial charge in [0.1, 0.15) is 19.0 Å². The first-order chi connectivity index (χ1) is 12.3. The second kappa shape index (κ2) is 8.84. The van der Waals surface area contributed by atoms with Crippen molar-refractivity contribution in [2.45, 2.75) is 4.58 Å². The molecule has 25 heavy (non-hydrogen) atoms. The van der Waals surface area contributed by atoms with E-state index >= 15 is 0 Å². The molecule has 0 N–H and O–H groups in total. The maximum Gasteiger partial charge on any atom is 0.338 e. The summed E-state index contributed by atoms with van der Waals surface area (Å²) < 4.78 is 11.2. The van der Waals surface area contributed by atoms with Crippen molar-refractivity contribution in [3.8, 4) is 11.8 Å². The van der Waals surface area contributed by atoms with Crippen LogP contribution in [0.15, 0.2) is 48.5 Å². The van der Waals surface area contributed by atoms with E-state index in [1.807, 2.05) is 53.9 Å². The Morgan fingerprint density at radius 3 is 2.36 bits per heavy atom. The zero-order valence-corrected chi connectivity index (χ0v) is 15.1. The van der Waals surface area contributed by atoms with E-state index in [2.05, 4.69) is 0 Å². The first-order valence-electron chi connectivity index (χ1n) is 7.89. The largest absolute Gasteiger partial charge is 0.490 e. The highest BCUT2D eigenvalue weighted by atomic mass is 32.2. The Bertz CT molecular complexity index is 748. The van der Waals surface area contributed by atoms with Gasteiger partial charge in [0, 0.05) is 11.5 Å². The maximum absolute atomic E-state index is 12.0. The molecule has 2 aromatic rings. The number of rotatable bonds is 6. The molecule has 3 rings (SSSR count). The smallest absolute Gasteiger partial charge is 0.338 e. The van der Waals surface area contributed by atoms with Crippen LogP contribution >= 0.6 is 23.5 Å². The average Bonchev–Trinajstić information content (AvgIpc) is 3.20. The molecule has 1 aliphatic rings. The summed E-state index contributed by atoms with van der Waals surface area (Å²) >= 11 is 3.88. The van der Waals surface area contributed by atoms with Gasteiger partial charge in [-0.15, -0.1) is 23.5 Å². The topological polar surface area (TPSA) is 59.3 Å². The van der Waals surface area contributed by atoms with E-state index in [0.29, 0.717) is 21.5 Å². The zero-order chi connectivity index (χ0) is 17.5. The second-order valence-corrected chi connectivity index (χ2v) is 8.04. The van der Waals surface area contributed by atoms with Gasteiger partial charge in [-0.25, -0.2) is 4.79 Å². The lowest BCUT2D eigenvalue weighted by Crippen LogP contribution is -2.12. The molecule has 0 aromatic heterocycles. The van der Waals surface area contributed by atoms with Crippen LogP contribution in [0.25, 0.3) is 0 Å². The molecule has 0 amide bonds. The van der Waals surface area contributed by atoms with E-state index in [4.69, 9.17) is 14.7 Å². The molecule has 2 aromatic carbocycles. The highest BCUT2D eigenvalue weighted by Crippen LogP contribution is 2.45. The van der Waals surface area contributed by atoms with Gasteiger partial charge in [-0.3, -0.25) is 0 Å². The van der Waals surface area contributed by atoms with Crippen molar-refractivity contribution in [2.24, 2.45) is 0 Å². The standard InChI is InChI=1S/C19H17NO3S2/c20-13-14-1-7-17(8-2-14)22-9-10-23-18(21)15-3-5-16(6-4-15)19-24-11-12-25-19/h1-8,19H,9-12H2. The third kappa shape index (κ3) is 4.94. The number of hydrogen-bond acceptors (Lipinski definition) is 6. The van der Waals surface area contributed by atoms with Crippen LogP contribution in [0, 0.1) is 11.3 Å². The van der Waals surface area contributed by atoms with Gasteiger partial charge in [0.15, 0.2) is 0 Å². The van der Waals surface area contributed by atoms with Gasteiger partial charge < -0.3 is 9.47 Å². The van der Waals surface area contributed by atoms with Crippen molar-refractivity contribution >= 4 is 29.5 Å². The minimum atomic E-state index is -0.346. The SMILES string of the molecule is N#Cc1ccc(OCCOC(=O)c2ccc(C3SCCS3)cc2)cc1. The summed E-state index contributed by atoms with van der Waals surface area (Å²) in [4.78, 5) is 12.0. The Hall–Kier alpha value is -2.10. The number of carbonyl (C=O) groups is 1. The van der Waals surface area contributed by atoms with Gasteiger partial charge in [0.25, 0.3) is 0 Å². The minimum Gasteiger partial charge on any atom is -0.490 e. The van der Waals surface area contributed by atoms with Crippen LogP contribution in [-0.2, 0) is 4.74 Å². The van der Waals surface area contributed by atoms with E-state index in [1.54, 1.807) is 24.3 Å². The van der Waals surface area contributed by atoms with Gasteiger partial charge in [-0.1, -0.05) is 12.1 Å². The van der Waals surface area contributed by atoms with Crippen molar-refractivity contribution in [1.29, 1.82) is 5.26 Å². The Kier molecular flexibility index (Phi) is 6.26. The number of hydrogen-bond donors (Lipinski definition) is 0. The molecular formula is C19H17NO3S2. The fourth-order valence-corrected chi connectivity index (χ4v) is 5.19. The van der Waals surface area contributed by atoms with Crippen molar-refractivity contribution in [3.05, 3.63) is 65.2 Å². The number of ether oxygens (including phenoxy) is 2. The summed E-state index contributed by atoms with van der Waals surface area (Å²) in [6.07, 6.45) is 0. The van der Waals surface area contributed by atoms with Gasteiger partial charge in [0.2, 0.25) is 0 Å². The predicted octanol–water partition coefficient (Wildman–Crippen LogP) is 4.27. The second-order valence-electron chi connectivity index (χ2n) is 5.32. The van der Waals surface area contributed by atoms with Gasteiger partial charge in [-0.05, 0) is 42.0 Å². The van der Waals surface area contributed by atoms with Crippen LogP contribution in [0.1, 0.15) is 26.1 Å². The number of nitriles is 1. The highest BCUT2D eigenvalue weighted by Gasteiger charge is 2.18. The molecule has 0 aliphatic carbocycles. The molecule has 0 atom stereocenters. The van der Waals surface area contributed by atoms with E-state index in [-0.39, 0.29) is 19.2 Å². The molecule has 0 radical (unpaired) electrons. The first-order valence-corrected chi connectivity index (χ1v) is 9.99. The fourth-order valence-electron chi connectivity index (χ4n) is 2.33. The molecule has 0 saturated carbocycles. The monoisotopic (exact) mass is 371 g/mol. The van der Waals surface area contributed by atoms with Gasteiger partial charge in [-0.2, -0.15) is 5.26 Å². The third-order valence-electron chi connectivity index (χ3n) is 3.61. The average molecular weight is 371 g/mol. The van der Waals surface area contributed by atoms with Crippen molar-refractivity contribution in [1.82, 2.24) is 0 Å². The van der Waals surface area contributed by atoms with Gasteiger partial charge in [0.05, 0.1) is 21.8 Å². The Morgan fingerprint density at radius 2 is 1.72 bits per heavy atom. The van der Waals surface area contributed by atoms with Crippen LogP contribution in [0.5, 0.6) is 5.75 Å². The molecular weight excluding hydrogens is 354 g/mol. The molecule has 0 unspecified atom stereocenters. The highest BCUT2D eigenvalue weighted by molar-refractivity contribution is 8.19. The third-order valence-corrected chi connectivity index (χ3v) is 6.71. The molecule has 1 saturated heterocycles. The van der Waals surface area contributed by atoms with Crippen LogP contribution in [-0.4, -0.2) is 30.7 Å². The van der Waals surface area contributed by atoms with E-state index in [0.717, 1.165) is 0 Å². The maximum atomic E-state index is 12.0. The summed E-state index contributed by atoms with van der Waals surface area (Å²) in [6.45, 7) is 0.444. The molecule has 6 heteroatoms. The van der Waals surface area contributed by atoms with Crippen LogP contribution in [0.3, 0.4) is 0 Å². The molecule has 0 spiro atoms. The molecule has 128 valence electrons.